The predicted octanol–water partition coefficient (Wildman–Crippen LogP) is 5.65. The highest BCUT2D eigenvalue weighted by Crippen LogP contribution is 2.63. The number of nitrogens with one attached hydrogen (secondary N) is 3. The SMILES string of the molecule is CCc1c2cc[nH]c2cn1-c1c2c(cc3c(=O)cc(C)oc13)CC1OOC(C(O)(Cc3ccc(O)c4ccc(O)cc34)C(O)C(O)C(O)CO)C#CCC3CCNC4C3CC3CC4C1(CC3C1CNC(=O)C13CCCCC3)O2. The van der Waals surface area contributed by atoms with Crippen LogP contribution in [0.3, 0.4) is 0 Å². The summed E-state index contributed by atoms with van der Waals surface area (Å²) in [4.78, 5) is 45.8. The first-order valence-corrected chi connectivity index (χ1v) is 28.3. The lowest BCUT2D eigenvalue weighted by Gasteiger charge is -2.63. The maximum absolute atomic E-state index is 14.4. The fraction of sp³-hybridized carbons (Fsp3) is 0.541. The van der Waals surface area contributed by atoms with E-state index < -0.39 is 60.2 Å². The molecule has 6 aromatic rings. The fourth-order valence-corrected chi connectivity index (χ4v) is 16.4. The number of aromatic nitrogens is 2. The number of aromatic hydroxyl groups is 2. The van der Waals surface area contributed by atoms with Crippen LogP contribution in [0.15, 0.2) is 70.1 Å². The topological polar surface area (TPSA) is 261 Å². The van der Waals surface area contributed by atoms with Crippen molar-refractivity contribution < 1.29 is 59.5 Å². The van der Waals surface area contributed by atoms with Gasteiger partial charge in [0.2, 0.25) is 5.91 Å². The molecule has 3 aliphatic carbocycles. The van der Waals surface area contributed by atoms with Crippen LogP contribution in [0.2, 0.25) is 0 Å². The van der Waals surface area contributed by atoms with Gasteiger partial charge in [-0.05, 0) is 135 Å². The standard InChI is InChI=1S/C61H70N4O13/c1-3-46-38-15-19-62-45(38)29-65(46)53-55-35(22-41-48(69)20-31(2)75-56(41)53)24-51-61(76-55)27-42(44-28-64-58(73)59(44)16-5-4-6-17-59)34-21-40-32(14-18-63-52(40)43(61)23-34)8-7-9-50(77-78-51)60(74,57(72)54(71)49(70)30-66)26-33-10-13-47(68)37-12-11-36(67)25-39(33)37/h10-13,15,19-20,22,25,29,32,34,40,42-44,49-52,54,57,62-63,66-68,70-72,74H,3-6,8,14,16-18,21,23-24,26-28,30H2,1-2H3,(H,64,73). The molecule has 3 aromatic carbocycles. The Labute approximate surface area is 450 Å². The molecule has 3 aromatic heterocycles. The van der Waals surface area contributed by atoms with Crippen molar-refractivity contribution >= 4 is 38.6 Å². The zero-order valence-corrected chi connectivity index (χ0v) is 44.0. The number of carbonyl (C=O) groups is 1. The Morgan fingerprint density at radius 3 is 2.56 bits per heavy atom. The average molecular weight is 1070 g/mol. The molecule has 5 bridgehead atoms. The molecule has 1 amide bonds. The summed E-state index contributed by atoms with van der Waals surface area (Å²) in [5.41, 5.74) is -0.763. The lowest BCUT2D eigenvalue weighted by molar-refractivity contribution is -0.397. The monoisotopic (exact) mass is 1070 g/mol. The third kappa shape index (κ3) is 7.95. The maximum atomic E-state index is 14.4. The van der Waals surface area contributed by atoms with Gasteiger partial charge < -0.3 is 65.1 Å². The van der Waals surface area contributed by atoms with Gasteiger partial charge in [-0.2, -0.15) is 0 Å². The molecule has 17 heteroatoms. The normalized spacial score (nSPS) is 31.2. The molecule has 412 valence electrons. The van der Waals surface area contributed by atoms with Crippen LogP contribution in [0.1, 0.15) is 93.7 Å². The van der Waals surface area contributed by atoms with Crippen LogP contribution in [-0.2, 0) is 33.8 Å². The Bertz CT molecular complexity index is 3460. The minimum atomic E-state index is -2.62. The van der Waals surface area contributed by atoms with Crippen molar-refractivity contribution in [2.24, 2.45) is 40.9 Å². The van der Waals surface area contributed by atoms with E-state index in [1.54, 1.807) is 6.92 Å². The van der Waals surface area contributed by atoms with Crippen molar-refractivity contribution in [1.82, 2.24) is 20.2 Å². The lowest BCUT2D eigenvalue weighted by atomic mass is 9.47. The molecule has 10 N–H and O–H groups in total. The van der Waals surface area contributed by atoms with Crippen LogP contribution in [-0.4, -0.2) is 119 Å². The number of H-pyrrole nitrogens is 1. The zero-order valence-electron chi connectivity index (χ0n) is 44.0. The first-order valence-electron chi connectivity index (χ1n) is 28.3. The highest BCUT2D eigenvalue weighted by molar-refractivity contribution is 5.93. The number of ether oxygens (including phenoxy) is 1. The summed E-state index contributed by atoms with van der Waals surface area (Å²) in [6, 6.07) is 12.6. The number of phenolic OH excluding ortho intramolecular Hbond substituents is 2. The molecule has 2 spiro atoms. The number of aryl methyl sites for hydroxylation is 2. The van der Waals surface area contributed by atoms with Gasteiger partial charge in [-0.25, -0.2) is 9.78 Å². The minimum absolute atomic E-state index is 0.000317. The van der Waals surface area contributed by atoms with Crippen LogP contribution in [0.4, 0.5) is 0 Å². The van der Waals surface area contributed by atoms with Crippen molar-refractivity contribution in [3.63, 3.8) is 0 Å². The molecular formula is C61H70N4O13. The Hall–Kier alpha value is -5.94. The molecule has 14 atom stereocenters. The molecule has 2 saturated heterocycles. The number of hydrogen-bond donors (Lipinski definition) is 10. The van der Waals surface area contributed by atoms with Gasteiger partial charge in [-0.3, -0.25) is 9.59 Å². The summed E-state index contributed by atoms with van der Waals surface area (Å²) in [7, 11) is 0. The third-order valence-electron chi connectivity index (χ3n) is 20.1. The number of carbonyl (C=O) groups excluding carboxylic acids is 1. The van der Waals surface area contributed by atoms with E-state index in [0.717, 1.165) is 68.0 Å². The summed E-state index contributed by atoms with van der Waals surface area (Å²) in [6.45, 7) is 4.18. The fourth-order valence-electron chi connectivity index (χ4n) is 16.4. The molecule has 13 rings (SSSR count). The van der Waals surface area contributed by atoms with Gasteiger partial charge in [0, 0.05) is 78.3 Å². The number of phenols is 2. The van der Waals surface area contributed by atoms with Crippen molar-refractivity contribution in [3.8, 4) is 34.8 Å². The first-order chi connectivity index (χ1) is 37.7. The molecule has 78 heavy (non-hydrogen) atoms. The van der Waals surface area contributed by atoms with Crippen LogP contribution >= 0.6 is 0 Å². The number of benzene rings is 3. The number of aromatic amines is 1. The van der Waals surface area contributed by atoms with E-state index in [0.29, 0.717) is 82.4 Å². The summed E-state index contributed by atoms with van der Waals surface area (Å²) in [5, 5.41) is 89.4. The van der Waals surface area contributed by atoms with Gasteiger partial charge in [0.05, 0.1) is 22.9 Å². The van der Waals surface area contributed by atoms with Crippen LogP contribution in [0, 0.1) is 59.7 Å². The van der Waals surface area contributed by atoms with Crippen molar-refractivity contribution in [3.05, 3.63) is 93.7 Å². The Morgan fingerprint density at radius 2 is 1.76 bits per heavy atom. The number of hydrogen-bond acceptors (Lipinski definition) is 14. The van der Waals surface area contributed by atoms with Gasteiger partial charge >= 0.3 is 0 Å². The molecule has 5 fully saturated rings. The summed E-state index contributed by atoms with van der Waals surface area (Å²) in [5.74, 6) is 7.63. The van der Waals surface area contributed by atoms with Gasteiger partial charge in [-0.15, -0.1) is 5.92 Å². The molecule has 7 aliphatic rings. The Balaban J connectivity index is 1.03. The first kappa shape index (κ1) is 51.5. The molecule has 3 saturated carbocycles. The number of rotatable bonds is 10. The highest BCUT2D eigenvalue weighted by Gasteiger charge is 2.67. The molecule has 7 heterocycles. The van der Waals surface area contributed by atoms with Crippen LogP contribution < -0.4 is 20.8 Å². The second-order valence-electron chi connectivity index (χ2n) is 24.0. The van der Waals surface area contributed by atoms with Gasteiger partial charge in [0.25, 0.3) is 0 Å². The van der Waals surface area contributed by atoms with Gasteiger partial charge in [-0.1, -0.05) is 38.2 Å². The number of aliphatic hydroxyl groups is 5. The van der Waals surface area contributed by atoms with Gasteiger partial charge in [0.1, 0.15) is 58.6 Å². The van der Waals surface area contributed by atoms with Crippen LogP contribution in [0.5, 0.6) is 17.2 Å². The predicted molar refractivity (Wildman–Crippen MR) is 288 cm³/mol. The average Bonchev–Trinajstić information content (AvgIpc) is 3.83. The minimum Gasteiger partial charge on any atom is -0.508 e. The number of piperidine rings is 1. The van der Waals surface area contributed by atoms with E-state index in [4.69, 9.17) is 18.9 Å². The molecule has 4 aliphatic heterocycles. The summed E-state index contributed by atoms with van der Waals surface area (Å²) < 4.78 is 16.9. The van der Waals surface area contributed by atoms with E-state index in [2.05, 4.69) is 38.9 Å². The maximum Gasteiger partial charge on any atom is 0.226 e. The Kier molecular flexibility index (Phi) is 12.8. The van der Waals surface area contributed by atoms with E-state index in [-0.39, 0.29) is 70.8 Å². The number of aliphatic hydroxyl groups excluding tert-OH is 4. The molecule has 17 nitrogen and oxygen atoms in total. The van der Waals surface area contributed by atoms with E-state index in [1.807, 2.05) is 24.5 Å². The van der Waals surface area contributed by atoms with E-state index in [9.17, 15) is 45.3 Å². The van der Waals surface area contributed by atoms with Gasteiger partial charge in [0.15, 0.2) is 22.9 Å². The van der Waals surface area contributed by atoms with Crippen molar-refractivity contribution in [2.45, 2.75) is 145 Å². The van der Waals surface area contributed by atoms with Crippen molar-refractivity contribution in [2.75, 3.05) is 19.7 Å². The molecular weight excluding hydrogens is 997 g/mol. The van der Waals surface area contributed by atoms with E-state index >= 15 is 0 Å². The van der Waals surface area contributed by atoms with Crippen LogP contribution in [0.25, 0.3) is 38.3 Å². The van der Waals surface area contributed by atoms with E-state index in [1.165, 1.54) is 36.4 Å². The largest absolute Gasteiger partial charge is 0.508 e. The molecule has 14 unspecified atom stereocenters. The third-order valence-corrected chi connectivity index (χ3v) is 20.1. The lowest BCUT2D eigenvalue weighted by Crippen LogP contribution is -2.71. The zero-order chi connectivity index (χ0) is 54.0. The second kappa shape index (κ2) is 19.4. The quantitative estimate of drug-likeness (QED) is 0.0588. The smallest absolute Gasteiger partial charge is 0.226 e. The van der Waals surface area contributed by atoms with Crippen molar-refractivity contribution in [1.29, 1.82) is 0 Å². The Morgan fingerprint density at radius 1 is 0.923 bits per heavy atom. The molecule has 0 radical (unpaired) electrons. The number of nitrogens with zero attached hydrogens (tertiary/aromatic N) is 1. The summed E-state index contributed by atoms with van der Waals surface area (Å²) in [6.07, 6.45) is 3.23. The number of amides is 1. The highest BCUT2D eigenvalue weighted by atomic mass is 17.2. The summed E-state index contributed by atoms with van der Waals surface area (Å²) >= 11 is 0. The second-order valence-corrected chi connectivity index (χ2v) is 24.0. The number of fused-ring (bicyclic) bond motifs is 5.